The quantitative estimate of drug-likeness (QED) is 0.752. The van der Waals surface area contributed by atoms with E-state index in [1.54, 1.807) is 0 Å². The smallest absolute Gasteiger partial charge is 0.325 e. The number of rotatable bonds is 5. The third-order valence-corrected chi connectivity index (χ3v) is 3.00. The highest BCUT2D eigenvalue weighted by Crippen LogP contribution is 2.16. The summed E-state index contributed by atoms with van der Waals surface area (Å²) in [6.07, 6.45) is 8.72. The van der Waals surface area contributed by atoms with E-state index in [1.165, 1.54) is 6.20 Å². The van der Waals surface area contributed by atoms with E-state index in [0.717, 1.165) is 23.9 Å². The fourth-order valence-electron chi connectivity index (χ4n) is 1.99. The molecule has 102 valence electrons. The largest absolute Gasteiger partial charge is 0.480 e. The van der Waals surface area contributed by atoms with Gasteiger partial charge in [-0.25, -0.2) is 4.68 Å². The number of nitrogens with one attached hydrogen (secondary N) is 1. The van der Waals surface area contributed by atoms with Crippen molar-refractivity contribution in [3.8, 4) is 0 Å². The van der Waals surface area contributed by atoms with Gasteiger partial charge in [-0.15, -0.1) is 5.10 Å². The van der Waals surface area contributed by atoms with E-state index < -0.39 is 5.97 Å². The molecule has 1 aliphatic rings. The van der Waals surface area contributed by atoms with Crippen molar-refractivity contribution in [2.24, 2.45) is 5.92 Å². The Kier molecular flexibility index (Phi) is 4.27. The van der Waals surface area contributed by atoms with E-state index in [1.807, 2.05) is 0 Å². The molecule has 19 heavy (non-hydrogen) atoms. The molecule has 0 aromatic carbocycles. The molecule has 1 unspecified atom stereocenters. The summed E-state index contributed by atoms with van der Waals surface area (Å²) >= 11 is 0. The van der Waals surface area contributed by atoms with Gasteiger partial charge in [0.05, 0.1) is 6.20 Å². The van der Waals surface area contributed by atoms with Crippen LogP contribution in [0.4, 0.5) is 0 Å². The minimum atomic E-state index is -1.02. The molecule has 2 N–H and O–H groups in total. The second-order valence-corrected chi connectivity index (χ2v) is 4.56. The molecule has 0 saturated heterocycles. The molecule has 1 aromatic rings. The van der Waals surface area contributed by atoms with E-state index in [2.05, 4.69) is 27.8 Å². The molecule has 0 spiro atoms. The Labute approximate surface area is 110 Å². The number of carboxylic acids is 1. The minimum absolute atomic E-state index is 0.146. The van der Waals surface area contributed by atoms with Crippen LogP contribution in [-0.4, -0.2) is 38.5 Å². The van der Waals surface area contributed by atoms with Gasteiger partial charge in [0.15, 0.2) is 5.69 Å². The Morgan fingerprint density at radius 3 is 3.00 bits per heavy atom. The van der Waals surface area contributed by atoms with Crippen LogP contribution in [0.15, 0.2) is 18.3 Å². The van der Waals surface area contributed by atoms with Gasteiger partial charge in [-0.05, 0) is 25.2 Å². The third kappa shape index (κ3) is 3.90. The highest BCUT2D eigenvalue weighted by molar-refractivity contribution is 5.91. The predicted molar refractivity (Wildman–Crippen MR) is 66.5 cm³/mol. The number of nitrogens with zero attached hydrogens (tertiary/aromatic N) is 3. The lowest BCUT2D eigenvalue weighted by atomic mass is 9.94. The molecule has 7 heteroatoms. The van der Waals surface area contributed by atoms with Crippen molar-refractivity contribution in [3.05, 3.63) is 24.0 Å². The van der Waals surface area contributed by atoms with Gasteiger partial charge < -0.3 is 10.4 Å². The SMILES string of the molecule is O=C(O)Cn1cc(C(=O)NCC2CC=CCC2)nn1. The van der Waals surface area contributed by atoms with Gasteiger partial charge in [0, 0.05) is 6.54 Å². The summed E-state index contributed by atoms with van der Waals surface area (Å²) in [6.45, 7) is 0.308. The van der Waals surface area contributed by atoms with Crippen molar-refractivity contribution in [3.63, 3.8) is 0 Å². The van der Waals surface area contributed by atoms with Gasteiger partial charge in [-0.1, -0.05) is 17.4 Å². The topological polar surface area (TPSA) is 97.1 Å². The lowest BCUT2D eigenvalue weighted by Crippen LogP contribution is -2.30. The first kappa shape index (κ1) is 13.3. The van der Waals surface area contributed by atoms with Crippen molar-refractivity contribution in [1.29, 1.82) is 0 Å². The summed E-state index contributed by atoms with van der Waals surface area (Å²) in [6, 6.07) is 0. The van der Waals surface area contributed by atoms with Gasteiger partial charge in [-0.3, -0.25) is 9.59 Å². The zero-order valence-corrected chi connectivity index (χ0v) is 10.5. The van der Waals surface area contributed by atoms with Crippen molar-refractivity contribution < 1.29 is 14.7 Å². The van der Waals surface area contributed by atoms with Gasteiger partial charge in [0.1, 0.15) is 6.54 Å². The van der Waals surface area contributed by atoms with Crippen LogP contribution in [0.3, 0.4) is 0 Å². The second-order valence-electron chi connectivity index (χ2n) is 4.56. The van der Waals surface area contributed by atoms with E-state index in [9.17, 15) is 9.59 Å². The molecule has 0 radical (unpaired) electrons. The summed E-state index contributed by atoms with van der Waals surface area (Å²) in [5.41, 5.74) is 0.146. The highest BCUT2D eigenvalue weighted by atomic mass is 16.4. The summed E-state index contributed by atoms with van der Waals surface area (Å²) in [7, 11) is 0. The molecule has 1 aromatic heterocycles. The lowest BCUT2D eigenvalue weighted by Gasteiger charge is -2.17. The summed E-state index contributed by atoms with van der Waals surface area (Å²) in [4.78, 5) is 22.3. The molecule has 1 heterocycles. The number of aromatic nitrogens is 3. The van der Waals surface area contributed by atoms with Crippen molar-refractivity contribution in [2.45, 2.75) is 25.8 Å². The van der Waals surface area contributed by atoms with Crippen LogP contribution in [0.5, 0.6) is 0 Å². The van der Waals surface area contributed by atoms with Gasteiger partial charge in [0.25, 0.3) is 5.91 Å². The van der Waals surface area contributed by atoms with Crippen LogP contribution in [0.25, 0.3) is 0 Å². The Morgan fingerprint density at radius 1 is 1.47 bits per heavy atom. The molecule has 0 aliphatic heterocycles. The van der Waals surface area contributed by atoms with Crippen LogP contribution >= 0.6 is 0 Å². The normalized spacial score (nSPS) is 18.2. The van der Waals surface area contributed by atoms with E-state index >= 15 is 0 Å². The fraction of sp³-hybridized carbons (Fsp3) is 0.500. The monoisotopic (exact) mass is 264 g/mol. The Bertz CT molecular complexity index is 495. The molecular weight excluding hydrogens is 248 g/mol. The molecule has 7 nitrogen and oxygen atoms in total. The summed E-state index contributed by atoms with van der Waals surface area (Å²) in [5, 5.41) is 18.6. The molecule has 2 rings (SSSR count). The summed E-state index contributed by atoms with van der Waals surface area (Å²) < 4.78 is 1.13. The van der Waals surface area contributed by atoms with Crippen LogP contribution in [-0.2, 0) is 11.3 Å². The maximum absolute atomic E-state index is 11.8. The fourth-order valence-corrected chi connectivity index (χ4v) is 1.99. The van der Waals surface area contributed by atoms with E-state index in [-0.39, 0.29) is 18.1 Å². The number of carbonyl (C=O) groups excluding carboxylic acids is 1. The maximum atomic E-state index is 11.8. The zero-order valence-electron chi connectivity index (χ0n) is 10.5. The molecular formula is C12H16N4O3. The summed E-state index contributed by atoms with van der Waals surface area (Å²) in [5.74, 6) is -0.875. The van der Waals surface area contributed by atoms with Crippen LogP contribution in [0.1, 0.15) is 29.8 Å². The Morgan fingerprint density at radius 2 is 2.32 bits per heavy atom. The Balaban J connectivity index is 1.83. The zero-order chi connectivity index (χ0) is 13.7. The van der Waals surface area contributed by atoms with E-state index in [4.69, 9.17) is 5.11 Å². The number of amides is 1. The van der Waals surface area contributed by atoms with Crippen LogP contribution in [0, 0.1) is 5.92 Å². The molecule has 0 saturated carbocycles. The molecule has 1 amide bonds. The maximum Gasteiger partial charge on any atom is 0.325 e. The highest BCUT2D eigenvalue weighted by Gasteiger charge is 2.15. The number of allylic oxidation sites excluding steroid dienone is 2. The first-order valence-corrected chi connectivity index (χ1v) is 6.20. The lowest BCUT2D eigenvalue weighted by molar-refractivity contribution is -0.137. The first-order valence-electron chi connectivity index (χ1n) is 6.20. The number of hydrogen-bond acceptors (Lipinski definition) is 4. The van der Waals surface area contributed by atoms with Crippen molar-refractivity contribution in [2.75, 3.05) is 6.54 Å². The van der Waals surface area contributed by atoms with Crippen molar-refractivity contribution >= 4 is 11.9 Å². The number of hydrogen-bond donors (Lipinski definition) is 2. The molecule has 0 fully saturated rings. The average molecular weight is 264 g/mol. The Hall–Kier alpha value is -2.18. The predicted octanol–water partition coefficient (Wildman–Crippen LogP) is 0.449. The molecule has 1 aliphatic carbocycles. The molecule has 1 atom stereocenters. The van der Waals surface area contributed by atoms with Crippen LogP contribution < -0.4 is 5.32 Å². The number of aliphatic carboxylic acids is 1. The standard InChI is InChI=1S/C12H16N4O3/c17-11(18)8-16-7-10(14-15-16)12(19)13-6-9-4-2-1-3-5-9/h1-2,7,9H,3-6,8H2,(H,13,19)(H,17,18). The number of carbonyl (C=O) groups is 2. The average Bonchev–Trinajstić information content (AvgIpc) is 2.85. The van der Waals surface area contributed by atoms with Crippen molar-refractivity contribution in [1.82, 2.24) is 20.3 Å². The van der Waals surface area contributed by atoms with Crippen LogP contribution in [0.2, 0.25) is 0 Å². The van der Waals surface area contributed by atoms with Gasteiger partial charge in [0.2, 0.25) is 0 Å². The second kappa shape index (κ2) is 6.12. The minimum Gasteiger partial charge on any atom is -0.480 e. The van der Waals surface area contributed by atoms with Gasteiger partial charge >= 0.3 is 5.97 Å². The van der Waals surface area contributed by atoms with Gasteiger partial charge in [-0.2, -0.15) is 0 Å². The molecule has 0 bridgehead atoms. The first-order chi connectivity index (χ1) is 9.15. The third-order valence-electron chi connectivity index (χ3n) is 3.00. The number of carboxylic acid groups (broad SMARTS) is 1. The van der Waals surface area contributed by atoms with E-state index in [0.29, 0.717) is 12.5 Å².